The summed E-state index contributed by atoms with van der Waals surface area (Å²) in [7, 11) is 0. The maximum absolute atomic E-state index is 11.3. The van der Waals surface area contributed by atoms with Gasteiger partial charge >= 0.3 is 57.4 Å². The molecule has 0 N–H and O–H groups in total. The van der Waals surface area contributed by atoms with Crippen molar-refractivity contribution in [3.8, 4) is 0 Å². The molecule has 44 valence electrons. The molecule has 0 saturated carbocycles. The number of alkyl halides is 2. The molecule has 0 aliphatic carbocycles. The van der Waals surface area contributed by atoms with Gasteiger partial charge in [0.15, 0.2) is 0 Å². The van der Waals surface area contributed by atoms with Crippen molar-refractivity contribution in [3.63, 3.8) is 0 Å². The van der Waals surface area contributed by atoms with Gasteiger partial charge in [0.05, 0.1) is 0 Å². The van der Waals surface area contributed by atoms with Crippen LogP contribution in [-0.2, 0) is 9.74 Å². The SMILES string of the molecule is O=C(OF)C(F)Br.[KH]. The fourth-order valence-electron chi connectivity index (χ4n) is 0.0337. The van der Waals surface area contributed by atoms with Crippen LogP contribution in [0.4, 0.5) is 8.92 Å². The molecule has 0 amide bonds. The third-order valence-electron chi connectivity index (χ3n) is 0.254. The topological polar surface area (TPSA) is 26.3 Å². The van der Waals surface area contributed by atoms with Crippen LogP contribution in [0.2, 0.25) is 0 Å². The van der Waals surface area contributed by atoms with Crippen LogP contribution >= 0.6 is 15.9 Å². The molecule has 2 nitrogen and oxygen atoms in total. The van der Waals surface area contributed by atoms with Gasteiger partial charge in [-0.05, 0) is 15.9 Å². The van der Waals surface area contributed by atoms with Crippen molar-refractivity contribution in [1.82, 2.24) is 0 Å². The molecule has 0 fully saturated rings. The molecule has 0 heterocycles. The van der Waals surface area contributed by atoms with E-state index in [1.165, 1.54) is 0 Å². The molecule has 0 radical (unpaired) electrons. The molecule has 1 atom stereocenters. The Morgan fingerprint density at radius 2 is 2.12 bits per heavy atom. The van der Waals surface area contributed by atoms with E-state index in [1.54, 1.807) is 0 Å². The number of halogens is 3. The predicted octanol–water partition coefficient (Wildman–Crippen LogP) is 0.456. The maximum atomic E-state index is 11.3. The summed E-state index contributed by atoms with van der Waals surface area (Å²) < 4.78 is 21.8. The number of rotatable bonds is 1. The van der Waals surface area contributed by atoms with Crippen LogP contribution in [0.25, 0.3) is 0 Å². The molecule has 1 unspecified atom stereocenters. The molecule has 0 saturated heterocycles. The summed E-state index contributed by atoms with van der Waals surface area (Å²) in [5.74, 6) is -1.57. The molecule has 0 aliphatic heterocycles. The average molecular weight is 215 g/mol. The van der Waals surface area contributed by atoms with Crippen molar-refractivity contribution < 1.29 is 18.7 Å². The van der Waals surface area contributed by atoms with E-state index in [4.69, 9.17) is 0 Å². The summed E-state index contributed by atoms with van der Waals surface area (Å²) >= 11 is 2.12. The first-order chi connectivity index (χ1) is 3.18. The molecule has 0 spiro atoms. The summed E-state index contributed by atoms with van der Waals surface area (Å²) in [5.41, 5.74) is 0. The van der Waals surface area contributed by atoms with Gasteiger partial charge in [0.25, 0.3) is 5.08 Å². The van der Waals surface area contributed by atoms with Crippen LogP contribution in [-0.4, -0.2) is 62.4 Å². The van der Waals surface area contributed by atoms with Gasteiger partial charge in [0, 0.05) is 4.53 Å². The van der Waals surface area contributed by atoms with Gasteiger partial charge in [-0.25, -0.2) is 9.18 Å². The molecule has 8 heavy (non-hydrogen) atoms. The van der Waals surface area contributed by atoms with E-state index in [9.17, 15) is 13.7 Å². The second-order valence-electron chi connectivity index (χ2n) is 0.697. The molecule has 0 aromatic heterocycles. The Balaban J connectivity index is 0. The van der Waals surface area contributed by atoms with Crippen LogP contribution in [0.5, 0.6) is 0 Å². The van der Waals surface area contributed by atoms with Gasteiger partial charge in [-0.3, -0.25) is 4.94 Å². The number of carbonyl (C=O) groups is 1. The molecule has 0 aliphatic rings. The zero-order valence-electron chi connectivity index (χ0n) is 3.03. The van der Waals surface area contributed by atoms with E-state index in [-0.39, 0.29) is 51.4 Å². The van der Waals surface area contributed by atoms with Crippen LogP contribution in [0.3, 0.4) is 0 Å². The van der Waals surface area contributed by atoms with Gasteiger partial charge in [-0.15, -0.1) is 0 Å². The van der Waals surface area contributed by atoms with Crippen LogP contribution in [0.15, 0.2) is 0 Å². The Morgan fingerprint density at radius 3 is 2.12 bits per heavy atom. The summed E-state index contributed by atoms with van der Waals surface area (Å²) in [6.45, 7) is 0. The van der Waals surface area contributed by atoms with Crippen LogP contribution < -0.4 is 0 Å². The Labute approximate surface area is 95.4 Å². The van der Waals surface area contributed by atoms with Gasteiger partial charge in [0.2, 0.25) is 0 Å². The fraction of sp³-hybridized carbons (Fsp3) is 0.500. The first-order valence-corrected chi connectivity index (χ1v) is 2.20. The molecule has 6 heteroatoms. The molecular formula is C2H2BrF2KO2. The number of carbonyl (C=O) groups excluding carboxylic acids is 1. The molecule has 0 bridgehead atoms. The first kappa shape index (κ1) is 12.2. The second kappa shape index (κ2) is 6.56. The van der Waals surface area contributed by atoms with Crippen molar-refractivity contribution in [2.24, 2.45) is 0 Å². The van der Waals surface area contributed by atoms with Gasteiger partial charge in [-0.1, -0.05) is 0 Å². The third kappa shape index (κ3) is 5.58. The number of hydrogen-bond donors (Lipinski definition) is 0. The third-order valence-corrected chi connectivity index (χ3v) is 0.628. The molecule has 0 aromatic carbocycles. The van der Waals surface area contributed by atoms with Gasteiger partial charge in [-0.2, -0.15) is 0 Å². The summed E-state index contributed by atoms with van der Waals surface area (Å²) in [6.07, 6.45) is 0. The fourth-order valence-corrected chi connectivity index (χ4v) is 0.104. The van der Waals surface area contributed by atoms with E-state index in [1.807, 2.05) is 0 Å². The van der Waals surface area contributed by atoms with Crippen molar-refractivity contribution in [2.75, 3.05) is 0 Å². The quantitative estimate of drug-likeness (QED) is 0.469. The monoisotopic (exact) mass is 214 g/mol. The summed E-state index contributed by atoms with van der Waals surface area (Å²) in [5, 5.41) is -2.06. The Kier molecular flexibility index (Phi) is 9.97. The summed E-state index contributed by atoms with van der Waals surface area (Å²) in [6, 6.07) is 0. The van der Waals surface area contributed by atoms with E-state index < -0.39 is 11.1 Å². The van der Waals surface area contributed by atoms with E-state index >= 15 is 0 Å². The van der Waals surface area contributed by atoms with Crippen LogP contribution in [0, 0.1) is 0 Å². The second-order valence-corrected chi connectivity index (χ2v) is 1.50. The Hall–Kier alpha value is 1.45. The van der Waals surface area contributed by atoms with Crippen LogP contribution in [0.1, 0.15) is 0 Å². The number of hydrogen-bond acceptors (Lipinski definition) is 2. The summed E-state index contributed by atoms with van der Waals surface area (Å²) in [4.78, 5) is 11.9. The molecule has 0 rings (SSSR count). The minimum atomic E-state index is -2.06. The van der Waals surface area contributed by atoms with Crippen molar-refractivity contribution in [1.29, 1.82) is 0 Å². The average Bonchev–Trinajstić information content (AvgIpc) is 1.65. The Bertz CT molecular complexity index is 78.4. The molecular weight excluding hydrogens is 213 g/mol. The van der Waals surface area contributed by atoms with E-state index in [0.29, 0.717) is 0 Å². The molecule has 0 aromatic rings. The zero-order valence-corrected chi connectivity index (χ0v) is 4.61. The standard InChI is InChI=1S/C2HBrF2O2.K.H/c3-1(4)2(6)7-5;;/h1H;;. The van der Waals surface area contributed by atoms with E-state index in [0.717, 1.165) is 0 Å². The van der Waals surface area contributed by atoms with E-state index in [2.05, 4.69) is 20.9 Å². The van der Waals surface area contributed by atoms with Gasteiger partial charge < -0.3 is 0 Å². The first-order valence-electron chi connectivity index (χ1n) is 1.29. The zero-order chi connectivity index (χ0) is 5.86. The van der Waals surface area contributed by atoms with Crippen molar-refractivity contribution >= 4 is 73.3 Å². The normalized spacial score (nSPS) is 11.4. The Morgan fingerprint density at radius 1 is 1.75 bits per heavy atom. The van der Waals surface area contributed by atoms with Gasteiger partial charge in [0.1, 0.15) is 0 Å². The predicted molar refractivity (Wildman–Crippen MR) is 28.2 cm³/mol. The van der Waals surface area contributed by atoms with Crippen molar-refractivity contribution in [3.05, 3.63) is 0 Å². The van der Waals surface area contributed by atoms with Crippen molar-refractivity contribution in [2.45, 2.75) is 5.08 Å². The minimum absolute atomic E-state index is 0.